The summed E-state index contributed by atoms with van der Waals surface area (Å²) in [5.74, 6) is -1.20. The number of aliphatic carboxylic acids is 1. The van der Waals surface area contributed by atoms with Crippen LogP contribution in [-0.2, 0) is 9.59 Å². The molecule has 0 atom stereocenters. The van der Waals surface area contributed by atoms with Gasteiger partial charge in [-0.25, -0.2) is 0 Å². The fourth-order valence-corrected chi connectivity index (χ4v) is 2.70. The van der Waals surface area contributed by atoms with Crippen molar-refractivity contribution in [1.82, 2.24) is 4.90 Å². The Balaban J connectivity index is 2.73. The number of hydrogen-bond donors (Lipinski definition) is 1. The number of hydrogen-bond acceptors (Lipinski definition) is 4. The lowest BCUT2D eigenvalue weighted by atomic mass is 9.79. The van der Waals surface area contributed by atoms with Gasteiger partial charge in [0, 0.05) is 6.42 Å². The second-order valence-corrected chi connectivity index (χ2v) is 5.02. The van der Waals surface area contributed by atoms with Gasteiger partial charge in [0.25, 0.3) is 0 Å². The van der Waals surface area contributed by atoms with Gasteiger partial charge < -0.3 is 10.0 Å². The summed E-state index contributed by atoms with van der Waals surface area (Å²) in [6.45, 7) is -0.259. The van der Waals surface area contributed by atoms with E-state index in [0.717, 1.165) is 25.7 Å². The van der Waals surface area contributed by atoms with Crippen LogP contribution in [0.15, 0.2) is 0 Å². The number of carbonyl (C=O) groups excluding carboxylic acids is 1. The molecule has 1 aliphatic rings. The van der Waals surface area contributed by atoms with Gasteiger partial charge in [-0.3, -0.25) is 9.59 Å². The molecular formula is C13H17N3O3. The highest BCUT2D eigenvalue weighted by Crippen LogP contribution is 2.44. The molecule has 0 bridgehead atoms. The first-order valence-electron chi connectivity index (χ1n) is 6.26. The molecule has 1 rings (SSSR count). The van der Waals surface area contributed by atoms with Crippen molar-refractivity contribution in [3.05, 3.63) is 0 Å². The first kappa shape index (κ1) is 15.0. The van der Waals surface area contributed by atoms with E-state index in [2.05, 4.69) is 0 Å². The molecule has 0 heterocycles. The van der Waals surface area contributed by atoms with Crippen molar-refractivity contribution < 1.29 is 14.7 Å². The van der Waals surface area contributed by atoms with Crippen LogP contribution in [0.1, 0.15) is 38.5 Å². The van der Waals surface area contributed by atoms with E-state index >= 15 is 0 Å². The van der Waals surface area contributed by atoms with Crippen LogP contribution in [0, 0.1) is 28.1 Å². The maximum absolute atomic E-state index is 12.1. The number of carboxylic acids is 1. The lowest BCUT2D eigenvalue weighted by molar-refractivity contribution is -0.141. The molecule has 1 aliphatic carbocycles. The maximum atomic E-state index is 12.1. The zero-order valence-corrected chi connectivity index (χ0v) is 10.8. The predicted molar refractivity (Wildman–Crippen MR) is 65.6 cm³/mol. The summed E-state index contributed by atoms with van der Waals surface area (Å²) in [4.78, 5) is 24.2. The Labute approximate surface area is 112 Å². The number of nitrogens with zero attached hydrogens (tertiary/aromatic N) is 3. The first-order valence-corrected chi connectivity index (χ1v) is 6.26. The molecule has 0 unspecified atom stereocenters. The minimum Gasteiger partial charge on any atom is -0.481 e. The lowest BCUT2D eigenvalue weighted by Crippen LogP contribution is -2.36. The van der Waals surface area contributed by atoms with Crippen molar-refractivity contribution in [2.45, 2.75) is 38.5 Å². The Bertz CT molecular complexity index is 411. The molecule has 19 heavy (non-hydrogen) atoms. The summed E-state index contributed by atoms with van der Waals surface area (Å²) in [6.07, 6.45) is 3.39. The zero-order valence-electron chi connectivity index (χ0n) is 10.8. The molecule has 6 nitrogen and oxygen atoms in total. The van der Waals surface area contributed by atoms with E-state index in [4.69, 9.17) is 15.6 Å². The van der Waals surface area contributed by atoms with Crippen molar-refractivity contribution in [3.8, 4) is 12.1 Å². The topological polar surface area (TPSA) is 105 Å². The molecule has 1 saturated carbocycles. The third kappa shape index (κ3) is 4.26. The van der Waals surface area contributed by atoms with Crippen LogP contribution in [0.5, 0.6) is 0 Å². The number of amides is 1. The number of nitriles is 2. The van der Waals surface area contributed by atoms with Crippen LogP contribution in [0.4, 0.5) is 0 Å². The van der Waals surface area contributed by atoms with Crippen molar-refractivity contribution in [2.24, 2.45) is 5.41 Å². The van der Waals surface area contributed by atoms with E-state index in [1.165, 1.54) is 4.90 Å². The average Bonchev–Trinajstić information content (AvgIpc) is 2.76. The Morgan fingerprint density at radius 2 is 1.63 bits per heavy atom. The van der Waals surface area contributed by atoms with E-state index in [1.807, 2.05) is 12.1 Å². The van der Waals surface area contributed by atoms with Crippen molar-refractivity contribution in [3.63, 3.8) is 0 Å². The van der Waals surface area contributed by atoms with Gasteiger partial charge in [0.2, 0.25) is 5.91 Å². The SMILES string of the molecule is N#CCN(CC#N)C(=O)CC1(CC(=O)O)CCCC1. The van der Waals surface area contributed by atoms with E-state index in [-0.39, 0.29) is 31.8 Å². The number of carbonyl (C=O) groups is 2. The summed E-state index contributed by atoms with van der Waals surface area (Å²) in [5.41, 5.74) is -0.494. The molecule has 1 fully saturated rings. The maximum Gasteiger partial charge on any atom is 0.303 e. The molecule has 0 aromatic heterocycles. The van der Waals surface area contributed by atoms with Gasteiger partial charge >= 0.3 is 5.97 Å². The smallest absolute Gasteiger partial charge is 0.303 e. The van der Waals surface area contributed by atoms with Crippen LogP contribution in [0.3, 0.4) is 0 Å². The summed E-state index contributed by atoms with van der Waals surface area (Å²) in [7, 11) is 0. The average molecular weight is 263 g/mol. The molecule has 1 N–H and O–H groups in total. The molecule has 0 aromatic rings. The molecule has 0 aromatic carbocycles. The van der Waals surface area contributed by atoms with Gasteiger partial charge in [-0.2, -0.15) is 10.5 Å². The highest BCUT2D eigenvalue weighted by molar-refractivity contribution is 5.78. The molecular weight excluding hydrogens is 246 g/mol. The molecule has 0 radical (unpaired) electrons. The molecule has 6 heteroatoms. The summed E-state index contributed by atoms with van der Waals surface area (Å²) in [6, 6.07) is 3.70. The molecule has 0 spiro atoms. The molecule has 102 valence electrons. The summed E-state index contributed by atoms with van der Waals surface area (Å²) in [5, 5.41) is 26.2. The normalized spacial score (nSPS) is 16.3. The molecule has 0 aliphatic heterocycles. The standard InChI is InChI=1S/C13H17N3O3/c14-5-7-16(8-6-15)11(17)9-13(10-12(18)19)3-1-2-4-13/h1-4,7-10H2,(H,18,19). The fourth-order valence-electron chi connectivity index (χ4n) is 2.70. The van der Waals surface area contributed by atoms with Gasteiger partial charge in [0.1, 0.15) is 13.1 Å². The monoisotopic (exact) mass is 263 g/mol. The van der Waals surface area contributed by atoms with E-state index in [0.29, 0.717) is 0 Å². The van der Waals surface area contributed by atoms with Gasteiger partial charge in [-0.1, -0.05) is 12.8 Å². The minimum atomic E-state index is -0.901. The van der Waals surface area contributed by atoms with Crippen LogP contribution in [0.2, 0.25) is 0 Å². The van der Waals surface area contributed by atoms with Crippen LogP contribution in [-0.4, -0.2) is 35.0 Å². The predicted octanol–water partition coefficient (Wildman–Crippen LogP) is 1.29. The minimum absolute atomic E-state index is 0.0221. The second kappa shape index (κ2) is 6.75. The van der Waals surface area contributed by atoms with Crippen LogP contribution in [0.25, 0.3) is 0 Å². The largest absolute Gasteiger partial charge is 0.481 e. The number of rotatable bonds is 6. The van der Waals surface area contributed by atoms with Gasteiger partial charge in [-0.15, -0.1) is 0 Å². The number of carboxylic acid groups (broad SMARTS) is 1. The highest BCUT2D eigenvalue weighted by Gasteiger charge is 2.38. The third-order valence-corrected chi connectivity index (χ3v) is 3.59. The van der Waals surface area contributed by atoms with Crippen molar-refractivity contribution in [1.29, 1.82) is 10.5 Å². The van der Waals surface area contributed by atoms with Crippen LogP contribution >= 0.6 is 0 Å². The van der Waals surface area contributed by atoms with Gasteiger partial charge in [0.05, 0.1) is 18.6 Å². The Morgan fingerprint density at radius 3 is 2.05 bits per heavy atom. The summed E-state index contributed by atoms with van der Waals surface area (Å²) >= 11 is 0. The fraction of sp³-hybridized carbons (Fsp3) is 0.692. The lowest BCUT2D eigenvalue weighted by Gasteiger charge is -2.28. The molecule has 0 saturated heterocycles. The van der Waals surface area contributed by atoms with Crippen LogP contribution < -0.4 is 0 Å². The van der Waals surface area contributed by atoms with E-state index in [9.17, 15) is 9.59 Å². The van der Waals surface area contributed by atoms with Crippen molar-refractivity contribution in [2.75, 3.05) is 13.1 Å². The Morgan fingerprint density at radius 1 is 1.11 bits per heavy atom. The van der Waals surface area contributed by atoms with Crippen molar-refractivity contribution >= 4 is 11.9 Å². The quantitative estimate of drug-likeness (QED) is 0.727. The zero-order chi connectivity index (χ0) is 14.3. The molecule has 1 amide bonds. The summed E-state index contributed by atoms with van der Waals surface area (Å²) < 4.78 is 0. The van der Waals surface area contributed by atoms with E-state index < -0.39 is 11.4 Å². The highest BCUT2D eigenvalue weighted by atomic mass is 16.4. The second-order valence-electron chi connectivity index (χ2n) is 5.02. The Hall–Kier alpha value is -2.08. The van der Waals surface area contributed by atoms with Gasteiger partial charge in [0.15, 0.2) is 0 Å². The third-order valence-electron chi connectivity index (χ3n) is 3.59. The Kier molecular flexibility index (Phi) is 5.32. The van der Waals surface area contributed by atoms with Gasteiger partial charge in [-0.05, 0) is 18.3 Å². The first-order chi connectivity index (χ1) is 9.03. The van der Waals surface area contributed by atoms with E-state index in [1.54, 1.807) is 0 Å².